The minimum atomic E-state index is -0.697. The molecular weight excluding hydrogens is 285 g/mol. The first-order valence-corrected chi connectivity index (χ1v) is 6.18. The molecule has 0 fully saturated rings. The van der Waals surface area contributed by atoms with Crippen molar-refractivity contribution in [2.24, 2.45) is 10.9 Å². The van der Waals surface area contributed by atoms with Gasteiger partial charge in [-0.15, -0.1) is 5.10 Å². The number of anilines is 1. The Morgan fingerprint density at radius 2 is 2.30 bits per heavy atom. The molecule has 4 N–H and O–H groups in total. The maximum atomic E-state index is 13.8. The molecule has 1 aromatic heterocycles. The molecule has 0 saturated carbocycles. The number of nitrogens with zero attached hydrogens (tertiary/aromatic N) is 3. The summed E-state index contributed by atoms with van der Waals surface area (Å²) in [7, 11) is 0. The summed E-state index contributed by atoms with van der Waals surface area (Å²) >= 11 is 0.927. The molecule has 1 heterocycles. The molecule has 0 aliphatic rings. The van der Waals surface area contributed by atoms with Gasteiger partial charge >= 0.3 is 0 Å². The second-order valence-corrected chi connectivity index (χ2v) is 4.58. The van der Waals surface area contributed by atoms with Crippen molar-refractivity contribution in [2.75, 3.05) is 5.32 Å². The van der Waals surface area contributed by atoms with Crippen molar-refractivity contribution >= 4 is 29.0 Å². The van der Waals surface area contributed by atoms with Crippen molar-refractivity contribution < 1.29 is 14.4 Å². The highest BCUT2D eigenvalue weighted by molar-refractivity contribution is 7.08. The van der Waals surface area contributed by atoms with Gasteiger partial charge in [0.1, 0.15) is 10.7 Å². The molecule has 0 aliphatic carbocycles. The van der Waals surface area contributed by atoms with Gasteiger partial charge in [0, 0.05) is 5.56 Å². The number of amides is 1. The molecule has 20 heavy (non-hydrogen) atoms. The number of nitrogens with one attached hydrogen (secondary N) is 1. The third kappa shape index (κ3) is 2.72. The summed E-state index contributed by atoms with van der Waals surface area (Å²) in [6.45, 7) is 1.64. The third-order valence-corrected chi connectivity index (χ3v) is 3.31. The van der Waals surface area contributed by atoms with Crippen LogP contribution in [0.1, 0.15) is 20.9 Å². The van der Waals surface area contributed by atoms with Crippen LogP contribution < -0.4 is 11.1 Å². The van der Waals surface area contributed by atoms with Crippen LogP contribution >= 0.6 is 11.5 Å². The number of halogens is 1. The lowest BCUT2D eigenvalue weighted by molar-refractivity contribution is 0.102. The molecule has 0 atom stereocenters. The van der Waals surface area contributed by atoms with Gasteiger partial charge in [-0.3, -0.25) is 4.79 Å². The molecule has 104 valence electrons. The number of rotatable bonds is 3. The van der Waals surface area contributed by atoms with Crippen LogP contribution in [0.15, 0.2) is 23.4 Å². The molecule has 9 heteroatoms. The van der Waals surface area contributed by atoms with Gasteiger partial charge in [-0.1, -0.05) is 9.64 Å². The number of nitrogens with two attached hydrogens (primary N) is 1. The number of benzene rings is 1. The Morgan fingerprint density at radius 1 is 1.55 bits per heavy atom. The Bertz CT molecular complexity index is 685. The fraction of sp³-hybridized carbons (Fsp3) is 0.0909. The maximum absolute atomic E-state index is 13.8. The number of amidine groups is 1. The number of oxime groups is 1. The van der Waals surface area contributed by atoms with E-state index in [1.165, 1.54) is 12.1 Å². The van der Waals surface area contributed by atoms with Gasteiger partial charge in [-0.05, 0) is 36.7 Å². The van der Waals surface area contributed by atoms with E-state index in [1.54, 1.807) is 6.92 Å². The van der Waals surface area contributed by atoms with E-state index in [9.17, 15) is 9.18 Å². The monoisotopic (exact) mass is 295 g/mol. The van der Waals surface area contributed by atoms with Gasteiger partial charge in [-0.25, -0.2) is 4.39 Å². The van der Waals surface area contributed by atoms with Crippen LogP contribution in [0.2, 0.25) is 0 Å². The van der Waals surface area contributed by atoms with Crippen molar-refractivity contribution in [3.8, 4) is 0 Å². The Morgan fingerprint density at radius 3 is 2.85 bits per heavy atom. The zero-order valence-corrected chi connectivity index (χ0v) is 11.1. The predicted molar refractivity (Wildman–Crippen MR) is 71.5 cm³/mol. The number of carbonyl (C=O) groups is 1. The van der Waals surface area contributed by atoms with E-state index < -0.39 is 11.7 Å². The number of carbonyl (C=O) groups excluding carboxylic acids is 1. The minimum absolute atomic E-state index is 0.0164. The van der Waals surface area contributed by atoms with Crippen LogP contribution in [0, 0.1) is 12.7 Å². The van der Waals surface area contributed by atoms with Gasteiger partial charge in [-0.2, -0.15) is 0 Å². The van der Waals surface area contributed by atoms with E-state index >= 15 is 0 Å². The molecule has 0 saturated heterocycles. The normalized spacial score (nSPS) is 11.4. The van der Waals surface area contributed by atoms with Crippen LogP contribution in [-0.4, -0.2) is 26.5 Å². The predicted octanol–water partition coefficient (Wildman–Crippen LogP) is 1.33. The highest BCUT2D eigenvalue weighted by Crippen LogP contribution is 2.18. The molecule has 0 radical (unpaired) electrons. The largest absolute Gasteiger partial charge is 0.409 e. The summed E-state index contributed by atoms with van der Waals surface area (Å²) in [5.41, 5.74) is 6.01. The lowest BCUT2D eigenvalue weighted by Gasteiger charge is -2.06. The Balaban J connectivity index is 2.23. The molecule has 2 rings (SSSR count). The first-order chi connectivity index (χ1) is 9.52. The smallest absolute Gasteiger partial charge is 0.269 e. The molecule has 0 aliphatic heterocycles. The van der Waals surface area contributed by atoms with E-state index in [2.05, 4.69) is 20.1 Å². The highest BCUT2D eigenvalue weighted by Gasteiger charge is 2.15. The van der Waals surface area contributed by atoms with Crippen LogP contribution in [0.25, 0.3) is 0 Å². The average Bonchev–Trinajstić information content (AvgIpc) is 2.86. The van der Waals surface area contributed by atoms with E-state index in [0.717, 1.165) is 17.6 Å². The van der Waals surface area contributed by atoms with Crippen LogP contribution in [0.3, 0.4) is 0 Å². The fourth-order valence-corrected chi connectivity index (χ4v) is 2.00. The van der Waals surface area contributed by atoms with Gasteiger partial charge in [0.05, 0.1) is 11.4 Å². The molecule has 2 aromatic rings. The van der Waals surface area contributed by atoms with E-state index in [1.807, 2.05) is 0 Å². The molecular formula is C11H10FN5O2S. The summed E-state index contributed by atoms with van der Waals surface area (Å²) in [4.78, 5) is 12.2. The maximum Gasteiger partial charge on any atom is 0.269 e. The van der Waals surface area contributed by atoms with E-state index in [4.69, 9.17) is 10.9 Å². The number of hydrogen-bond acceptors (Lipinski definition) is 6. The van der Waals surface area contributed by atoms with Crippen molar-refractivity contribution in [3.05, 3.63) is 40.2 Å². The van der Waals surface area contributed by atoms with Crippen LogP contribution in [0.4, 0.5) is 10.1 Å². The standard InChI is InChI=1S/C11H10FN5O2S/c1-5-9(20-17-15-5)11(18)14-8-3-2-6(4-7(8)12)10(13)16-19/h2-4,19H,1H3,(H2,13,16)(H,14,18). The van der Waals surface area contributed by atoms with Gasteiger partial charge in [0.15, 0.2) is 5.84 Å². The second-order valence-electron chi connectivity index (χ2n) is 3.82. The third-order valence-electron chi connectivity index (χ3n) is 2.48. The zero-order valence-electron chi connectivity index (χ0n) is 10.3. The highest BCUT2D eigenvalue weighted by atomic mass is 32.1. The summed E-state index contributed by atoms with van der Waals surface area (Å²) in [5, 5.41) is 17.4. The molecule has 1 aromatic carbocycles. The number of aryl methyl sites for hydroxylation is 1. The van der Waals surface area contributed by atoms with Gasteiger partial charge in [0.2, 0.25) is 0 Å². The summed E-state index contributed by atoms with van der Waals surface area (Å²) in [6.07, 6.45) is 0. The van der Waals surface area contributed by atoms with E-state index in [0.29, 0.717) is 10.6 Å². The fourth-order valence-electron chi connectivity index (χ4n) is 1.45. The average molecular weight is 295 g/mol. The first-order valence-electron chi connectivity index (χ1n) is 5.40. The lowest BCUT2D eigenvalue weighted by Crippen LogP contribution is -2.15. The van der Waals surface area contributed by atoms with Crippen molar-refractivity contribution in [1.29, 1.82) is 0 Å². The molecule has 7 nitrogen and oxygen atoms in total. The van der Waals surface area contributed by atoms with Crippen molar-refractivity contribution in [1.82, 2.24) is 9.59 Å². The van der Waals surface area contributed by atoms with Gasteiger partial charge < -0.3 is 16.3 Å². The number of aromatic nitrogens is 2. The van der Waals surface area contributed by atoms with Crippen molar-refractivity contribution in [2.45, 2.75) is 6.92 Å². The van der Waals surface area contributed by atoms with E-state index in [-0.39, 0.29) is 17.1 Å². The second kappa shape index (κ2) is 5.61. The lowest BCUT2D eigenvalue weighted by atomic mass is 10.2. The minimum Gasteiger partial charge on any atom is -0.409 e. The van der Waals surface area contributed by atoms with Crippen molar-refractivity contribution in [3.63, 3.8) is 0 Å². The van der Waals surface area contributed by atoms with Crippen LogP contribution in [-0.2, 0) is 0 Å². The quantitative estimate of drug-likeness (QED) is 0.342. The molecule has 1 amide bonds. The molecule has 0 spiro atoms. The number of hydrogen-bond donors (Lipinski definition) is 3. The SMILES string of the molecule is Cc1nnsc1C(=O)Nc1ccc(/C(N)=N/O)cc1F. The van der Waals surface area contributed by atoms with Gasteiger partial charge in [0.25, 0.3) is 5.91 Å². The topological polar surface area (TPSA) is 113 Å². The summed E-state index contributed by atoms with van der Waals surface area (Å²) < 4.78 is 17.4. The summed E-state index contributed by atoms with van der Waals surface area (Å²) in [6, 6.07) is 3.80. The van der Waals surface area contributed by atoms with Crippen LogP contribution in [0.5, 0.6) is 0 Å². The Hall–Kier alpha value is -2.55. The molecule has 0 bridgehead atoms. The zero-order chi connectivity index (χ0) is 14.7. The molecule has 0 unspecified atom stereocenters. The summed E-state index contributed by atoms with van der Waals surface area (Å²) in [5.74, 6) is -1.41. The first kappa shape index (κ1) is 13.9. The Labute approximate surface area is 117 Å². The Kier molecular flexibility index (Phi) is 3.89.